The summed E-state index contributed by atoms with van der Waals surface area (Å²) >= 11 is 1.77. The first-order chi connectivity index (χ1) is 9.58. The Kier molecular flexibility index (Phi) is 5.37. The summed E-state index contributed by atoms with van der Waals surface area (Å²) in [6, 6.07) is 0.233. The third-order valence-electron chi connectivity index (χ3n) is 3.69. The number of nitrogens with zero attached hydrogens (tertiary/aromatic N) is 2. The number of piperidine rings is 1. The molecule has 1 aromatic rings. The molecule has 1 fully saturated rings. The van der Waals surface area contributed by atoms with Crippen LogP contribution in [-0.4, -0.2) is 41.6 Å². The Bertz CT molecular complexity index is 448. The minimum atomic E-state index is -0.0455. The number of hydrogen-bond donors (Lipinski definition) is 2. The number of hydrogen-bond acceptors (Lipinski definition) is 4. The molecular weight excluding hydrogens is 272 g/mol. The van der Waals surface area contributed by atoms with Crippen LogP contribution in [0, 0.1) is 12.8 Å². The first-order valence-electron chi connectivity index (χ1n) is 7.26. The van der Waals surface area contributed by atoms with Crippen LogP contribution in [0.25, 0.3) is 0 Å². The molecule has 0 saturated carbocycles. The summed E-state index contributed by atoms with van der Waals surface area (Å²) in [4.78, 5) is 19.7. The fraction of sp³-hybridized carbons (Fsp3) is 0.714. The molecule has 2 heterocycles. The Morgan fingerprint density at radius 1 is 1.60 bits per heavy atom. The molecule has 1 aliphatic heterocycles. The van der Waals surface area contributed by atoms with Gasteiger partial charge in [-0.25, -0.2) is 9.78 Å². The van der Waals surface area contributed by atoms with E-state index in [1.807, 2.05) is 20.0 Å². The fourth-order valence-electron chi connectivity index (χ4n) is 2.67. The number of aromatic nitrogens is 1. The Morgan fingerprint density at radius 3 is 3.00 bits per heavy atom. The van der Waals surface area contributed by atoms with E-state index in [1.54, 1.807) is 11.3 Å². The minimum Gasteiger partial charge on any atom is -0.338 e. The monoisotopic (exact) mass is 296 g/mol. The predicted molar refractivity (Wildman–Crippen MR) is 81.9 cm³/mol. The second kappa shape index (κ2) is 7.04. The van der Waals surface area contributed by atoms with E-state index < -0.39 is 0 Å². The quantitative estimate of drug-likeness (QED) is 0.893. The Labute approximate surface area is 124 Å². The van der Waals surface area contributed by atoms with E-state index in [4.69, 9.17) is 0 Å². The number of aryl methyl sites for hydroxylation is 1. The largest absolute Gasteiger partial charge is 0.338 e. The normalized spacial score (nSPS) is 23.6. The maximum atomic E-state index is 11.6. The Morgan fingerprint density at radius 2 is 2.40 bits per heavy atom. The number of carbonyl (C=O) groups excluding carboxylic acids is 1. The summed E-state index contributed by atoms with van der Waals surface area (Å²) < 4.78 is 0. The summed E-state index contributed by atoms with van der Waals surface area (Å²) in [5.41, 5.74) is 0. The van der Waals surface area contributed by atoms with Gasteiger partial charge in [-0.2, -0.15) is 0 Å². The number of nitrogens with one attached hydrogen (secondary N) is 2. The molecule has 0 unspecified atom stereocenters. The molecule has 2 amide bonds. The molecule has 0 spiro atoms. The molecule has 2 N–H and O–H groups in total. The van der Waals surface area contributed by atoms with Gasteiger partial charge in [0, 0.05) is 43.3 Å². The molecule has 0 aliphatic carbocycles. The lowest BCUT2D eigenvalue weighted by Gasteiger charge is -2.37. The summed E-state index contributed by atoms with van der Waals surface area (Å²) in [6.45, 7) is 9.88. The van der Waals surface area contributed by atoms with Gasteiger partial charge in [-0.3, -0.25) is 4.90 Å². The van der Waals surface area contributed by atoms with Gasteiger partial charge in [0.05, 0.1) is 5.01 Å². The number of thiazole rings is 1. The zero-order valence-corrected chi connectivity index (χ0v) is 13.3. The van der Waals surface area contributed by atoms with Gasteiger partial charge < -0.3 is 10.6 Å². The van der Waals surface area contributed by atoms with Crippen molar-refractivity contribution in [2.24, 2.45) is 5.92 Å². The second-order valence-corrected chi connectivity index (χ2v) is 6.78. The molecule has 0 bridgehead atoms. The summed E-state index contributed by atoms with van der Waals surface area (Å²) in [5, 5.41) is 6.99. The smallest absolute Gasteiger partial charge is 0.315 e. The van der Waals surface area contributed by atoms with Gasteiger partial charge >= 0.3 is 6.03 Å². The van der Waals surface area contributed by atoms with E-state index in [0.717, 1.165) is 31.1 Å². The molecule has 5 nitrogen and oxygen atoms in total. The van der Waals surface area contributed by atoms with Gasteiger partial charge in [-0.15, -0.1) is 11.3 Å². The maximum absolute atomic E-state index is 11.6. The molecule has 1 aromatic heterocycles. The molecule has 0 aromatic carbocycles. The Balaban J connectivity index is 1.81. The van der Waals surface area contributed by atoms with Gasteiger partial charge in [0.15, 0.2) is 0 Å². The van der Waals surface area contributed by atoms with E-state index in [-0.39, 0.29) is 12.1 Å². The van der Waals surface area contributed by atoms with Gasteiger partial charge in [0.2, 0.25) is 0 Å². The SMILES string of the molecule is CCNC(=O)N[C@@H]1CCN(Cc2cnc(C)s2)C[C@@H]1C. The summed E-state index contributed by atoms with van der Waals surface area (Å²) in [6.07, 6.45) is 2.99. The first-order valence-corrected chi connectivity index (χ1v) is 8.08. The zero-order valence-electron chi connectivity index (χ0n) is 12.5. The highest BCUT2D eigenvalue weighted by Crippen LogP contribution is 2.21. The molecule has 2 atom stereocenters. The van der Waals surface area contributed by atoms with Gasteiger partial charge in [0.1, 0.15) is 0 Å². The molecular formula is C14H24N4OS. The van der Waals surface area contributed by atoms with E-state index >= 15 is 0 Å². The highest BCUT2D eigenvalue weighted by molar-refractivity contribution is 7.11. The average molecular weight is 296 g/mol. The number of urea groups is 1. The molecule has 2 rings (SSSR count). The number of rotatable bonds is 4. The van der Waals surface area contributed by atoms with Crippen molar-refractivity contribution in [1.29, 1.82) is 0 Å². The van der Waals surface area contributed by atoms with Crippen molar-refractivity contribution < 1.29 is 4.79 Å². The van der Waals surface area contributed by atoms with Crippen molar-refractivity contribution in [1.82, 2.24) is 20.5 Å². The van der Waals surface area contributed by atoms with E-state index in [1.165, 1.54) is 4.88 Å². The lowest BCUT2D eigenvalue weighted by Crippen LogP contribution is -2.52. The van der Waals surface area contributed by atoms with Gasteiger partial charge in [0.25, 0.3) is 0 Å². The number of amides is 2. The highest BCUT2D eigenvalue weighted by Gasteiger charge is 2.27. The van der Waals surface area contributed by atoms with Crippen molar-refractivity contribution >= 4 is 17.4 Å². The first kappa shape index (κ1) is 15.3. The van der Waals surface area contributed by atoms with Crippen LogP contribution in [0.1, 0.15) is 30.2 Å². The number of likely N-dealkylation sites (tertiary alicyclic amines) is 1. The summed E-state index contributed by atoms with van der Waals surface area (Å²) in [7, 11) is 0. The van der Waals surface area contributed by atoms with Crippen molar-refractivity contribution in [2.75, 3.05) is 19.6 Å². The molecule has 0 radical (unpaired) electrons. The summed E-state index contributed by atoms with van der Waals surface area (Å²) in [5.74, 6) is 0.473. The third-order valence-corrected chi connectivity index (χ3v) is 4.59. The standard InChI is InChI=1S/C14H24N4OS/c1-4-15-14(19)17-13-5-6-18(8-10(13)2)9-12-7-16-11(3)20-12/h7,10,13H,4-6,8-9H2,1-3H3,(H2,15,17,19)/t10-,13+/m0/s1. The fourth-order valence-corrected chi connectivity index (χ4v) is 3.51. The molecule has 6 heteroatoms. The van der Waals surface area contributed by atoms with Crippen molar-refractivity contribution in [3.8, 4) is 0 Å². The van der Waals surface area contributed by atoms with Gasteiger partial charge in [-0.1, -0.05) is 6.92 Å². The van der Waals surface area contributed by atoms with Crippen molar-refractivity contribution in [2.45, 2.75) is 39.8 Å². The molecule has 1 aliphatic rings. The van der Waals surface area contributed by atoms with E-state index in [9.17, 15) is 4.79 Å². The highest BCUT2D eigenvalue weighted by atomic mass is 32.1. The lowest BCUT2D eigenvalue weighted by atomic mass is 9.94. The van der Waals surface area contributed by atoms with Crippen LogP contribution in [0.3, 0.4) is 0 Å². The average Bonchev–Trinajstić information content (AvgIpc) is 2.78. The van der Waals surface area contributed by atoms with Crippen LogP contribution < -0.4 is 10.6 Å². The van der Waals surface area contributed by atoms with Crippen LogP contribution in [0.15, 0.2) is 6.20 Å². The molecule has 20 heavy (non-hydrogen) atoms. The zero-order chi connectivity index (χ0) is 14.5. The van der Waals surface area contributed by atoms with Crippen molar-refractivity contribution in [3.05, 3.63) is 16.1 Å². The third kappa shape index (κ3) is 4.18. The van der Waals surface area contributed by atoms with Crippen LogP contribution in [0.4, 0.5) is 4.79 Å². The van der Waals surface area contributed by atoms with Crippen LogP contribution >= 0.6 is 11.3 Å². The predicted octanol–water partition coefficient (Wildman–Crippen LogP) is 1.98. The van der Waals surface area contributed by atoms with Crippen LogP contribution in [0.2, 0.25) is 0 Å². The number of carbonyl (C=O) groups is 1. The second-order valence-electron chi connectivity index (χ2n) is 5.46. The van der Waals surface area contributed by atoms with E-state index in [0.29, 0.717) is 12.5 Å². The molecule has 1 saturated heterocycles. The lowest BCUT2D eigenvalue weighted by molar-refractivity contribution is 0.143. The van der Waals surface area contributed by atoms with Crippen LogP contribution in [-0.2, 0) is 6.54 Å². The van der Waals surface area contributed by atoms with Crippen LogP contribution in [0.5, 0.6) is 0 Å². The van der Waals surface area contributed by atoms with Crippen molar-refractivity contribution in [3.63, 3.8) is 0 Å². The molecule has 112 valence electrons. The topological polar surface area (TPSA) is 57.3 Å². The maximum Gasteiger partial charge on any atom is 0.315 e. The van der Waals surface area contributed by atoms with E-state index in [2.05, 4.69) is 27.4 Å². The Hall–Kier alpha value is -1.14. The van der Waals surface area contributed by atoms with Gasteiger partial charge in [-0.05, 0) is 26.2 Å². The minimum absolute atomic E-state index is 0.0455.